The Bertz CT molecular complexity index is 555. The first-order chi connectivity index (χ1) is 11.4. The van der Waals surface area contributed by atoms with Crippen molar-refractivity contribution in [2.24, 2.45) is 5.92 Å². The molecule has 0 spiro atoms. The molecule has 1 aromatic rings. The zero-order valence-corrected chi connectivity index (χ0v) is 14.3. The zero-order valence-electron chi connectivity index (χ0n) is 14.3. The highest BCUT2D eigenvalue weighted by Gasteiger charge is 2.35. The number of carbonyl (C=O) groups excluding carboxylic acids is 1. The summed E-state index contributed by atoms with van der Waals surface area (Å²) in [5, 5.41) is 0. The van der Waals surface area contributed by atoms with Crippen LogP contribution in [0.25, 0.3) is 0 Å². The molecule has 0 aliphatic carbocycles. The lowest BCUT2D eigenvalue weighted by Crippen LogP contribution is -3.12. The monoisotopic (exact) mass is 343 g/mol. The molecule has 1 amide bonds. The maximum Gasteiger partial charge on any atom is 0.416 e. The van der Waals surface area contributed by atoms with Gasteiger partial charge in [-0.25, -0.2) is 0 Å². The number of amides is 1. The highest BCUT2D eigenvalue weighted by molar-refractivity contribution is 5.78. The lowest BCUT2D eigenvalue weighted by molar-refractivity contribution is -0.921. The molecule has 2 atom stereocenters. The van der Waals surface area contributed by atoms with E-state index in [1.165, 1.54) is 6.07 Å². The Morgan fingerprint density at radius 2 is 1.92 bits per heavy atom. The van der Waals surface area contributed by atoms with Crippen LogP contribution in [0.5, 0.6) is 0 Å². The molecular weight excluding hydrogens is 317 g/mol. The molecule has 1 aliphatic heterocycles. The van der Waals surface area contributed by atoms with Gasteiger partial charge in [-0.15, -0.1) is 0 Å². The van der Waals surface area contributed by atoms with E-state index >= 15 is 0 Å². The van der Waals surface area contributed by atoms with Crippen molar-refractivity contribution in [1.29, 1.82) is 0 Å². The van der Waals surface area contributed by atoms with Crippen molar-refractivity contribution in [2.45, 2.75) is 39.4 Å². The van der Waals surface area contributed by atoms with Crippen molar-refractivity contribution in [3.8, 4) is 0 Å². The van der Waals surface area contributed by atoms with Crippen LogP contribution in [0.4, 0.5) is 13.2 Å². The molecule has 0 bridgehead atoms. The van der Waals surface area contributed by atoms with E-state index in [-0.39, 0.29) is 11.8 Å². The van der Waals surface area contributed by atoms with Crippen molar-refractivity contribution in [1.82, 2.24) is 4.90 Å². The third-order valence-electron chi connectivity index (χ3n) is 4.81. The van der Waals surface area contributed by atoms with Gasteiger partial charge in [-0.2, -0.15) is 13.2 Å². The number of carbonyl (C=O) groups is 1. The Morgan fingerprint density at radius 1 is 1.25 bits per heavy atom. The van der Waals surface area contributed by atoms with E-state index in [4.69, 9.17) is 0 Å². The molecule has 1 fully saturated rings. The van der Waals surface area contributed by atoms with Gasteiger partial charge in [-0.05, 0) is 32.8 Å². The fourth-order valence-electron chi connectivity index (χ4n) is 3.54. The predicted molar refractivity (Wildman–Crippen MR) is 86.5 cm³/mol. The number of alkyl halides is 3. The van der Waals surface area contributed by atoms with E-state index in [2.05, 4.69) is 0 Å². The quantitative estimate of drug-likeness (QED) is 0.872. The van der Waals surface area contributed by atoms with Crippen LogP contribution in [-0.2, 0) is 17.5 Å². The van der Waals surface area contributed by atoms with Crippen LogP contribution in [0, 0.1) is 5.92 Å². The minimum atomic E-state index is -4.33. The number of hydrogen-bond acceptors (Lipinski definition) is 1. The van der Waals surface area contributed by atoms with Crippen LogP contribution in [0.3, 0.4) is 0 Å². The number of likely N-dealkylation sites (tertiary alicyclic amines) is 1. The number of halogens is 3. The maximum atomic E-state index is 13.1. The topological polar surface area (TPSA) is 24.8 Å². The zero-order chi connectivity index (χ0) is 17.7. The molecule has 6 heteroatoms. The van der Waals surface area contributed by atoms with Crippen molar-refractivity contribution in [2.75, 3.05) is 26.2 Å². The maximum absolute atomic E-state index is 13.1. The second-order valence-corrected chi connectivity index (χ2v) is 6.39. The Labute approximate surface area is 141 Å². The molecule has 0 aromatic heterocycles. The number of rotatable bonds is 5. The van der Waals surface area contributed by atoms with E-state index in [0.717, 1.165) is 30.4 Å². The van der Waals surface area contributed by atoms with Crippen LogP contribution in [0.15, 0.2) is 24.3 Å². The Hall–Kier alpha value is -1.56. The summed E-state index contributed by atoms with van der Waals surface area (Å²) >= 11 is 0. The molecule has 1 heterocycles. The summed E-state index contributed by atoms with van der Waals surface area (Å²) in [6.45, 7) is 7.01. The Balaban J connectivity index is 2.08. The molecule has 1 N–H and O–H groups in total. The summed E-state index contributed by atoms with van der Waals surface area (Å²) in [4.78, 5) is 15.4. The van der Waals surface area contributed by atoms with Gasteiger partial charge in [0.05, 0.1) is 24.6 Å². The van der Waals surface area contributed by atoms with Gasteiger partial charge in [-0.1, -0.05) is 18.2 Å². The molecule has 0 saturated carbocycles. The van der Waals surface area contributed by atoms with Gasteiger partial charge < -0.3 is 9.80 Å². The lowest BCUT2D eigenvalue weighted by atomic mass is 9.95. The van der Waals surface area contributed by atoms with Gasteiger partial charge in [0.15, 0.2) is 0 Å². The molecule has 0 radical (unpaired) electrons. The summed E-state index contributed by atoms with van der Waals surface area (Å²) in [7, 11) is 0. The Kier molecular flexibility index (Phi) is 6.27. The first-order valence-corrected chi connectivity index (χ1v) is 8.64. The van der Waals surface area contributed by atoms with Crippen molar-refractivity contribution in [3.63, 3.8) is 0 Å². The molecule has 3 nitrogen and oxygen atoms in total. The van der Waals surface area contributed by atoms with E-state index in [9.17, 15) is 18.0 Å². The smallest absolute Gasteiger partial charge is 0.343 e. The van der Waals surface area contributed by atoms with Gasteiger partial charge in [0, 0.05) is 18.7 Å². The van der Waals surface area contributed by atoms with Crippen LogP contribution in [0.2, 0.25) is 0 Å². The first-order valence-electron chi connectivity index (χ1n) is 8.64. The average Bonchev–Trinajstić information content (AvgIpc) is 2.55. The van der Waals surface area contributed by atoms with Gasteiger partial charge >= 0.3 is 6.18 Å². The standard InChI is InChI=1S/C18H25F3N2O/c1-3-23(4-2)17(24)15-9-7-11-22(13-15)12-14-8-5-6-10-16(14)18(19,20)21/h5-6,8,10,15H,3-4,7,9,11-13H2,1-2H3/p+1/t15-/m1/s1. The van der Waals surface area contributed by atoms with Gasteiger partial charge in [0.2, 0.25) is 5.91 Å². The largest absolute Gasteiger partial charge is 0.416 e. The highest BCUT2D eigenvalue weighted by Crippen LogP contribution is 2.31. The van der Waals surface area contributed by atoms with Crippen LogP contribution >= 0.6 is 0 Å². The van der Waals surface area contributed by atoms with Crippen LogP contribution < -0.4 is 4.90 Å². The number of nitrogens with one attached hydrogen (secondary N) is 1. The third kappa shape index (κ3) is 4.50. The fourth-order valence-corrected chi connectivity index (χ4v) is 3.54. The molecule has 134 valence electrons. The van der Waals surface area contributed by atoms with E-state index in [0.29, 0.717) is 31.7 Å². The summed E-state index contributed by atoms with van der Waals surface area (Å²) in [6.07, 6.45) is -2.62. The van der Waals surface area contributed by atoms with E-state index < -0.39 is 11.7 Å². The number of quaternary nitrogens is 1. The number of hydrogen-bond donors (Lipinski definition) is 1. The molecular formula is C18H26F3N2O+. The Morgan fingerprint density at radius 3 is 2.54 bits per heavy atom. The number of benzene rings is 1. The number of piperidine rings is 1. The normalized spacial score (nSPS) is 21.5. The SMILES string of the molecule is CCN(CC)C(=O)[C@@H]1CCC[NH+](Cc2ccccc2C(F)(F)F)C1. The summed E-state index contributed by atoms with van der Waals surface area (Å²) in [6, 6.07) is 5.75. The van der Waals surface area contributed by atoms with Gasteiger partial charge in [0.1, 0.15) is 6.54 Å². The molecule has 2 rings (SSSR count). The molecule has 1 unspecified atom stereocenters. The highest BCUT2D eigenvalue weighted by atomic mass is 19.4. The van der Waals surface area contributed by atoms with E-state index in [1.807, 2.05) is 18.7 Å². The average molecular weight is 343 g/mol. The second-order valence-electron chi connectivity index (χ2n) is 6.39. The molecule has 1 aliphatic rings. The minimum absolute atomic E-state index is 0.0771. The van der Waals surface area contributed by atoms with Crippen LogP contribution in [-0.4, -0.2) is 37.0 Å². The third-order valence-corrected chi connectivity index (χ3v) is 4.81. The van der Waals surface area contributed by atoms with Crippen LogP contribution in [0.1, 0.15) is 37.8 Å². The number of nitrogens with zero attached hydrogens (tertiary/aromatic N) is 1. The molecule has 1 saturated heterocycles. The summed E-state index contributed by atoms with van der Waals surface area (Å²) in [5.74, 6) is 0.0630. The fraction of sp³-hybridized carbons (Fsp3) is 0.611. The van der Waals surface area contributed by atoms with E-state index in [1.54, 1.807) is 12.1 Å². The molecule has 24 heavy (non-hydrogen) atoms. The van der Waals surface area contributed by atoms with Crippen molar-refractivity contribution in [3.05, 3.63) is 35.4 Å². The first kappa shape index (κ1) is 18.8. The van der Waals surface area contributed by atoms with Crippen molar-refractivity contribution < 1.29 is 22.9 Å². The minimum Gasteiger partial charge on any atom is -0.343 e. The van der Waals surface area contributed by atoms with Crippen molar-refractivity contribution >= 4 is 5.91 Å². The molecule has 1 aromatic carbocycles. The summed E-state index contributed by atoms with van der Waals surface area (Å²) < 4.78 is 39.4. The summed E-state index contributed by atoms with van der Waals surface area (Å²) in [5.41, 5.74) is -0.245. The second kappa shape index (κ2) is 8.01. The predicted octanol–water partition coefficient (Wildman–Crippen LogP) is 2.37. The lowest BCUT2D eigenvalue weighted by Gasteiger charge is -2.32. The van der Waals surface area contributed by atoms with Gasteiger partial charge in [0.25, 0.3) is 0 Å². The van der Waals surface area contributed by atoms with Gasteiger partial charge in [-0.3, -0.25) is 4.79 Å².